The van der Waals surface area contributed by atoms with Gasteiger partial charge in [0.1, 0.15) is 6.10 Å². The molecule has 4 fully saturated rings. The fourth-order valence-electron chi connectivity index (χ4n) is 12.8. The zero-order valence-corrected chi connectivity index (χ0v) is 32.9. The van der Waals surface area contributed by atoms with E-state index < -0.39 is 17.4 Å². The molecule has 1 aromatic rings. The molecule has 1 aromatic carbocycles. The van der Waals surface area contributed by atoms with Gasteiger partial charge < -0.3 is 15.2 Å². The molecule has 0 aliphatic heterocycles. The van der Waals surface area contributed by atoms with Crippen molar-refractivity contribution in [3.8, 4) is 0 Å². The SMILES string of the molecule is CC(C)C1=C2C3CCC4C5(C)CCC(OC(=O)CC(C)(C)C(=O)O)C(C)(C)C5CCC4(C)C3(C)CCC2(CNCc2ccc(Cl)cc2)CC1=O. The Balaban J connectivity index is 1.26. The van der Waals surface area contributed by atoms with Crippen LogP contribution in [0.25, 0.3) is 0 Å². The molecule has 0 aromatic heterocycles. The largest absolute Gasteiger partial charge is 0.481 e. The Morgan fingerprint density at radius 2 is 1.62 bits per heavy atom. The molecule has 276 valence electrons. The van der Waals surface area contributed by atoms with Crippen LogP contribution >= 0.6 is 11.6 Å². The molecule has 7 heteroatoms. The third kappa shape index (κ3) is 5.81. The van der Waals surface area contributed by atoms with Crippen LogP contribution < -0.4 is 5.32 Å². The van der Waals surface area contributed by atoms with Gasteiger partial charge in [0.2, 0.25) is 0 Å². The standard InChI is InChI=1S/C43H62ClNO5/c1-26(2)35-30(46)22-43(25-45-24-27-10-12-28(44)13-11-27)21-20-41(8)29(36(35)43)14-15-32-40(7)18-17-33(50-34(47)23-38(3,4)37(48)49)39(5,6)31(40)16-19-42(32,41)9/h10-13,26,29,31-33,45H,14-25H2,1-9H3,(H,48,49). The third-order valence-electron chi connectivity index (χ3n) is 15.7. The summed E-state index contributed by atoms with van der Waals surface area (Å²) in [6, 6.07) is 8.06. The summed E-state index contributed by atoms with van der Waals surface area (Å²) in [6.45, 7) is 21.6. The van der Waals surface area contributed by atoms with E-state index in [-0.39, 0.29) is 45.5 Å². The summed E-state index contributed by atoms with van der Waals surface area (Å²) in [5.41, 5.74) is 2.71. The topological polar surface area (TPSA) is 92.7 Å². The predicted molar refractivity (Wildman–Crippen MR) is 199 cm³/mol. The average Bonchev–Trinajstić information content (AvgIpc) is 3.32. The summed E-state index contributed by atoms with van der Waals surface area (Å²) in [5, 5.41) is 14.1. The first-order chi connectivity index (χ1) is 23.2. The minimum Gasteiger partial charge on any atom is -0.481 e. The molecule has 6 rings (SSSR count). The molecule has 0 amide bonds. The molecule has 5 aliphatic rings. The van der Waals surface area contributed by atoms with Crippen molar-refractivity contribution in [1.29, 1.82) is 0 Å². The van der Waals surface area contributed by atoms with Crippen LogP contribution in [0.3, 0.4) is 0 Å². The number of hydrogen-bond donors (Lipinski definition) is 2. The van der Waals surface area contributed by atoms with E-state index in [0.717, 1.165) is 75.1 Å². The lowest BCUT2D eigenvalue weighted by molar-refractivity contribution is -0.233. The Morgan fingerprint density at radius 3 is 2.26 bits per heavy atom. The fraction of sp³-hybridized carbons (Fsp3) is 0.744. The maximum Gasteiger partial charge on any atom is 0.309 e. The Labute approximate surface area is 305 Å². The molecule has 8 atom stereocenters. The van der Waals surface area contributed by atoms with E-state index in [4.69, 9.17) is 16.3 Å². The van der Waals surface area contributed by atoms with E-state index in [9.17, 15) is 19.5 Å². The molecule has 0 saturated heterocycles. The monoisotopic (exact) mass is 707 g/mol. The van der Waals surface area contributed by atoms with E-state index >= 15 is 0 Å². The highest BCUT2D eigenvalue weighted by Gasteiger charge is 2.70. The van der Waals surface area contributed by atoms with Gasteiger partial charge in [-0.3, -0.25) is 14.4 Å². The maximum absolute atomic E-state index is 14.0. The van der Waals surface area contributed by atoms with Gasteiger partial charge in [0.05, 0.1) is 11.8 Å². The maximum atomic E-state index is 14.0. The molecular formula is C43H62ClNO5. The first-order valence-electron chi connectivity index (χ1n) is 19.4. The molecule has 0 radical (unpaired) electrons. The summed E-state index contributed by atoms with van der Waals surface area (Å²) in [4.78, 5) is 38.8. The van der Waals surface area contributed by atoms with Crippen LogP contribution in [-0.2, 0) is 25.7 Å². The number of fused-ring (bicyclic) bond motifs is 7. The Kier molecular flexibility index (Phi) is 9.58. The number of ether oxygens (including phenoxy) is 1. The Hall–Kier alpha value is -2.18. The van der Waals surface area contributed by atoms with Gasteiger partial charge in [0, 0.05) is 35.4 Å². The summed E-state index contributed by atoms with van der Waals surface area (Å²) in [6.07, 6.45) is 8.83. The number of carbonyl (C=O) groups is 3. The number of halogens is 1. The van der Waals surface area contributed by atoms with Crippen molar-refractivity contribution in [2.45, 2.75) is 139 Å². The molecule has 0 spiro atoms. The first kappa shape index (κ1) is 37.6. The second-order valence-corrected chi connectivity index (χ2v) is 19.8. The van der Waals surface area contributed by atoms with E-state index in [2.05, 4.69) is 65.9 Å². The highest BCUT2D eigenvalue weighted by Crippen LogP contribution is 2.76. The number of aliphatic carboxylic acids is 1. The second-order valence-electron chi connectivity index (χ2n) is 19.4. The number of rotatable bonds is 9. The van der Waals surface area contributed by atoms with Crippen LogP contribution in [-0.4, -0.2) is 35.5 Å². The van der Waals surface area contributed by atoms with Crippen molar-refractivity contribution in [2.24, 2.45) is 56.2 Å². The highest BCUT2D eigenvalue weighted by atomic mass is 35.5. The quantitative estimate of drug-likeness (QED) is 0.248. The Bertz CT molecular complexity index is 1560. The predicted octanol–water partition coefficient (Wildman–Crippen LogP) is 9.82. The number of ketones is 1. The van der Waals surface area contributed by atoms with E-state index in [0.29, 0.717) is 30.0 Å². The van der Waals surface area contributed by atoms with Crippen molar-refractivity contribution in [3.63, 3.8) is 0 Å². The molecule has 5 aliphatic carbocycles. The lowest BCUT2D eigenvalue weighted by atomic mass is 9.33. The van der Waals surface area contributed by atoms with Crippen molar-refractivity contribution < 1.29 is 24.2 Å². The Morgan fingerprint density at radius 1 is 0.940 bits per heavy atom. The molecular weight excluding hydrogens is 646 g/mol. The van der Waals surface area contributed by atoms with Crippen molar-refractivity contribution in [2.75, 3.05) is 6.54 Å². The van der Waals surface area contributed by atoms with Gasteiger partial charge in [0.15, 0.2) is 5.78 Å². The number of Topliss-reactive ketones (excluding diaryl/α,β-unsaturated/α-hetero) is 1. The molecule has 6 nitrogen and oxygen atoms in total. The van der Waals surface area contributed by atoms with Gasteiger partial charge in [-0.1, -0.05) is 77.8 Å². The zero-order chi connectivity index (χ0) is 36.7. The van der Waals surface area contributed by atoms with Crippen LogP contribution in [0.1, 0.15) is 132 Å². The molecule has 0 bridgehead atoms. The van der Waals surface area contributed by atoms with Gasteiger partial charge in [-0.25, -0.2) is 0 Å². The lowest BCUT2D eigenvalue weighted by Crippen LogP contribution is -2.66. The summed E-state index contributed by atoms with van der Waals surface area (Å²) >= 11 is 6.15. The molecule has 8 unspecified atom stereocenters. The number of allylic oxidation sites excluding steroid dienone is 1. The number of nitrogens with one attached hydrogen (secondary N) is 1. The smallest absolute Gasteiger partial charge is 0.309 e. The summed E-state index contributed by atoms with van der Waals surface area (Å²) in [5.74, 6) is 0.572. The number of carboxylic acid groups (broad SMARTS) is 1. The molecule has 4 saturated carbocycles. The fourth-order valence-corrected chi connectivity index (χ4v) is 12.9. The van der Waals surface area contributed by atoms with Crippen LogP contribution in [0.15, 0.2) is 35.4 Å². The van der Waals surface area contributed by atoms with Crippen LogP contribution in [0.4, 0.5) is 0 Å². The van der Waals surface area contributed by atoms with Gasteiger partial charge in [-0.2, -0.15) is 0 Å². The second kappa shape index (κ2) is 12.7. The van der Waals surface area contributed by atoms with Crippen LogP contribution in [0, 0.1) is 56.2 Å². The number of carbonyl (C=O) groups excluding carboxylic acids is 2. The highest BCUT2D eigenvalue weighted by molar-refractivity contribution is 6.30. The van der Waals surface area contributed by atoms with E-state index in [1.807, 2.05) is 12.1 Å². The minimum absolute atomic E-state index is 0.0968. The minimum atomic E-state index is -1.15. The van der Waals surface area contributed by atoms with Crippen LogP contribution in [0.2, 0.25) is 5.02 Å². The van der Waals surface area contributed by atoms with E-state index in [1.165, 1.54) is 11.1 Å². The molecule has 2 N–H and O–H groups in total. The van der Waals surface area contributed by atoms with Crippen molar-refractivity contribution >= 4 is 29.3 Å². The molecule has 0 heterocycles. The van der Waals surface area contributed by atoms with Crippen LogP contribution in [0.5, 0.6) is 0 Å². The number of carboxylic acids is 1. The number of benzene rings is 1. The number of esters is 1. The summed E-state index contributed by atoms with van der Waals surface area (Å²) < 4.78 is 6.17. The first-order valence-corrected chi connectivity index (χ1v) is 19.8. The van der Waals surface area contributed by atoms with Gasteiger partial charge >= 0.3 is 11.9 Å². The normalized spacial score (nSPS) is 37.9. The van der Waals surface area contributed by atoms with Crippen molar-refractivity contribution in [3.05, 3.63) is 46.0 Å². The van der Waals surface area contributed by atoms with Crippen molar-refractivity contribution in [1.82, 2.24) is 5.32 Å². The van der Waals surface area contributed by atoms with Gasteiger partial charge in [-0.05, 0) is 128 Å². The average molecular weight is 708 g/mol. The molecule has 50 heavy (non-hydrogen) atoms. The van der Waals surface area contributed by atoms with Gasteiger partial charge in [-0.15, -0.1) is 0 Å². The van der Waals surface area contributed by atoms with Gasteiger partial charge in [0.25, 0.3) is 0 Å². The summed E-state index contributed by atoms with van der Waals surface area (Å²) in [7, 11) is 0. The number of hydrogen-bond acceptors (Lipinski definition) is 5. The van der Waals surface area contributed by atoms with E-state index in [1.54, 1.807) is 13.8 Å². The lowest BCUT2D eigenvalue weighted by Gasteiger charge is -2.72. The third-order valence-corrected chi connectivity index (χ3v) is 15.9. The zero-order valence-electron chi connectivity index (χ0n) is 32.1.